The van der Waals surface area contributed by atoms with Gasteiger partial charge in [0.15, 0.2) is 12.3 Å². The van der Waals surface area contributed by atoms with Crippen molar-refractivity contribution in [1.82, 2.24) is 0 Å². The van der Waals surface area contributed by atoms with E-state index in [0.717, 1.165) is 0 Å². The van der Waals surface area contributed by atoms with Crippen LogP contribution in [-0.2, 0) is 29.5 Å². The topological polar surface area (TPSA) is 168 Å². The van der Waals surface area contributed by atoms with Crippen molar-refractivity contribution in [2.75, 3.05) is 0 Å². The quantitative estimate of drug-likeness (QED) is 0.217. The van der Waals surface area contributed by atoms with E-state index in [0.29, 0.717) is 0 Å². The largest absolute Gasteiger partial charge is 0.425 e. The standard InChI is InChI=1S/H2O8S2.H2O2S/c1-9(2,3)7-8-10(4,5)6;1-3-2/h(H,1,2,3)(H,4,5,6);1-2H. The average Bonchev–Trinajstić information content (AvgIpc) is 1.82. The second-order valence-corrected chi connectivity index (χ2v) is 3.22. The molecule has 0 heterocycles. The van der Waals surface area contributed by atoms with E-state index in [1.54, 1.807) is 0 Å². The molecule has 10 nitrogen and oxygen atoms in total. The number of hydrogen-bond acceptors (Lipinski definition) is 9. The highest BCUT2D eigenvalue weighted by molar-refractivity contribution is 7.87. The van der Waals surface area contributed by atoms with E-state index in [9.17, 15) is 16.8 Å². The Morgan fingerprint density at radius 2 is 1.00 bits per heavy atom. The molecule has 4 N–H and O–H groups in total. The lowest BCUT2D eigenvalue weighted by Crippen LogP contribution is -2.10. The van der Waals surface area contributed by atoms with Crippen LogP contribution in [0.4, 0.5) is 0 Å². The average molecular weight is 260 g/mol. The molecular formula is H4O10S3. The highest BCUT2D eigenvalue weighted by atomic mass is 32.3. The van der Waals surface area contributed by atoms with Crippen LogP contribution in [0.15, 0.2) is 0 Å². The fourth-order valence-corrected chi connectivity index (χ4v) is 0.632. The summed E-state index contributed by atoms with van der Waals surface area (Å²) in [6, 6.07) is 0. The molecule has 13 heteroatoms. The van der Waals surface area contributed by atoms with Crippen LogP contribution in [0.2, 0.25) is 0 Å². The third-order valence-electron chi connectivity index (χ3n) is 0.200. The van der Waals surface area contributed by atoms with Gasteiger partial charge in [0.25, 0.3) is 0 Å². The highest BCUT2D eigenvalue weighted by Gasteiger charge is 2.13. The van der Waals surface area contributed by atoms with Crippen LogP contribution in [0.1, 0.15) is 0 Å². The first kappa shape index (κ1) is 15.5. The number of hydrogen-bond donors (Lipinski definition) is 4. The molecule has 0 aromatic carbocycles. The van der Waals surface area contributed by atoms with Gasteiger partial charge in [0.2, 0.25) is 0 Å². The Morgan fingerprint density at radius 1 is 0.846 bits per heavy atom. The van der Waals surface area contributed by atoms with Gasteiger partial charge in [-0.25, -0.2) is 0 Å². The van der Waals surface area contributed by atoms with Crippen molar-refractivity contribution < 1.29 is 43.7 Å². The van der Waals surface area contributed by atoms with Gasteiger partial charge in [-0.05, 0) is 0 Å². The Balaban J connectivity index is 0. The minimum Gasteiger partial charge on any atom is -0.307 e. The fraction of sp³-hybridized carbons (Fsp3) is 0. The van der Waals surface area contributed by atoms with Gasteiger partial charge in [0.1, 0.15) is 0 Å². The molecule has 82 valence electrons. The van der Waals surface area contributed by atoms with Gasteiger partial charge in [-0.1, -0.05) is 8.67 Å². The molecule has 0 aromatic heterocycles. The Morgan fingerprint density at radius 3 is 1.08 bits per heavy atom. The van der Waals surface area contributed by atoms with Crippen LogP contribution in [-0.4, -0.2) is 35.0 Å². The molecule has 0 aliphatic heterocycles. The summed E-state index contributed by atoms with van der Waals surface area (Å²) in [6.45, 7) is 0. The monoisotopic (exact) mass is 260 g/mol. The third-order valence-corrected chi connectivity index (χ3v) is 0.766. The molecule has 0 saturated heterocycles. The van der Waals surface area contributed by atoms with Gasteiger partial charge in [-0.2, -0.15) is 16.8 Å². The molecule has 0 saturated carbocycles. The zero-order valence-corrected chi connectivity index (χ0v) is 7.91. The summed E-state index contributed by atoms with van der Waals surface area (Å²) >= 11 is -0.250. The lowest BCUT2D eigenvalue weighted by atomic mass is 14.9. The predicted molar refractivity (Wildman–Crippen MR) is 38.1 cm³/mol. The van der Waals surface area contributed by atoms with E-state index in [2.05, 4.69) is 8.67 Å². The zero-order valence-electron chi connectivity index (χ0n) is 5.46. The normalized spacial score (nSPS) is 11.7. The summed E-state index contributed by atoms with van der Waals surface area (Å²) in [6.07, 6.45) is 0. The van der Waals surface area contributed by atoms with Gasteiger partial charge in [-0.15, -0.1) is 0 Å². The van der Waals surface area contributed by atoms with Gasteiger partial charge in [-0.3, -0.25) is 9.11 Å². The SMILES string of the molecule is O=S(=O)(O)OOS(=O)(=O)O.OSO. The first-order chi connectivity index (χ1) is 5.62. The summed E-state index contributed by atoms with van der Waals surface area (Å²) in [7, 11) is -10.0. The molecule has 0 rings (SSSR count). The molecule has 0 aliphatic rings. The molecule has 0 aromatic rings. The predicted octanol–water partition coefficient (Wildman–Crippen LogP) is -0.794. The van der Waals surface area contributed by atoms with Gasteiger partial charge in [0.05, 0.1) is 0 Å². The summed E-state index contributed by atoms with van der Waals surface area (Å²) in [5, 5.41) is 0. The first-order valence-electron chi connectivity index (χ1n) is 1.90. The smallest absolute Gasteiger partial charge is 0.307 e. The Labute approximate surface area is 77.3 Å². The molecule has 0 bridgehead atoms. The van der Waals surface area contributed by atoms with Crippen molar-refractivity contribution in [3.05, 3.63) is 0 Å². The van der Waals surface area contributed by atoms with Crippen molar-refractivity contribution in [2.45, 2.75) is 0 Å². The van der Waals surface area contributed by atoms with Crippen molar-refractivity contribution >= 4 is 33.1 Å². The Kier molecular flexibility index (Phi) is 7.69. The van der Waals surface area contributed by atoms with Crippen LogP contribution in [0.25, 0.3) is 0 Å². The summed E-state index contributed by atoms with van der Waals surface area (Å²) in [5.74, 6) is 0. The summed E-state index contributed by atoms with van der Waals surface area (Å²) in [4.78, 5) is 0. The van der Waals surface area contributed by atoms with Crippen molar-refractivity contribution in [3.63, 3.8) is 0 Å². The van der Waals surface area contributed by atoms with E-state index in [4.69, 9.17) is 18.2 Å². The molecule has 0 fully saturated rings. The van der Waals surface area contributed by atoms with Gasteiger partial charge >= 0.3 is 20.8 Å². The lowest BCUT2D eigenvalue weighted by Gasteiger charge is -1.92. The van der Waals surface area contributed by atoms with E-state index in [-0.39, 0.29) is 12.3 Å². The van der Waals surface area contributed by atoms with Crippen LogP contribution < -0.4 is 0 Å². The lowest BCUT2D eigenvalue weighted by molar-refractivity contribution is -0.105. The van der Waals surface area contributed by atoms with Gasteiger partial charge < -0.3 is 9.11 Å². The molecule has 0 atom stereocenters. The van der Waals surface area contributed by atoms with Crippen LogP contribution >= 0.6 is 12.3 Å². The maximum atomic E-state index is 9.51. The van der Waals surface area contributed by atoms with Gasteiger partial charge in [0, 0.05) is 0 Å². The van der Waals surface area contributed by atoms with E-state index in [1.165, 1.54) is 0 Å². The second-order valence-electron chi connectivity index (χ2n) is 1.07. The zero-order chi connectivity index (χ0) is 11.1. The van der Waals surface area contributed by atoms with Crippen LogP contribution in [0.3, 0.4) is 0 Å². The van der Waals surface area contributed by atoms with E-state index < -0.39 is 20.8 Å². The first-order valence-corrected chi connectivity index (χ1v) is 5.36. The maximum absolute atomic E-state index is 9.51. The molecule has 0 amide bonds. The number of rotatable bonds is 3. The summed E-state index contributed by atoms with van der Waals surface area (Å²) < 4.78 is 73.0. The molecule has 0 aliphatic carbocycles. The minimum absolute atomic E-state index is 0.250. The molecule has 0 radical (unpaired) electrons. The molecule has 0 spiro atoms. The van der Waals surface area contributed by atoms with Crippen molar-refractivity contribution in [3.8, 4) is 0 Å². The van der Waals surface area contributed by atoms with Crippen molar-refractivity contribution in [2.24, 2.45) is 0 Å². The van der Waals surface area contributed by atoms with Crippen LogP contribution in [0.5, 0.6) is 0 Å². The Hall–Kier alpha value is 0.01000. The van der Waals surface area contributed by atoms with Crippen LogP contribution in [0, 0.1) is 0 Å². The fourth-order valence-electron chi connectivity index (χ4n) is 0.0702. The Bertz CT molecular complexity index is 259. The summed E-state index contributed by atoms with van der Waals surface area (Å²) in [5.41, 5.74) is 0. The van der Waals surface area contributed by atoms with Crippen molar-refractivity contribution in [1.29, 1.82) is 0 Å². The van der Waals surface area contributed by atoms with E-state index >= 15 is 0 Å². The third kappa shape index (κ3) is 24.5. The molecular weight excluding hydrogens is 256 g/mol. The minimum atomic E-state index is -5.02. The highest BCUT2D eigenvalue weighted by Crippen LogP contribution is 1.92. The van der Waals surface area contributed by atoms with E-state index in [1.807, 2.05) is 0 Å². The maximum Gasteiger partial charge on any atom is 0.425 e. The molecule has 13 heavy (non-hydrogen) atoms. The molecule has 0 unspecified atom stereocenters. The second kappa shape index (κ2) is 6.46.